The predicted molar refractivity (Wildman–Crippen MR) is 104 cm³/mol. The second-order valence-electron chi connectivity index (χ2n) is 8.28. The minimum absolute atomic E-state index is 0.235. The van der Waals surface area contributed by atoms with Crippen molar-refractivity contribution in [3.05, 3.63) is 0 Å². The van der Waals surface area contributed by atoms with Crippen molar-refractivity contribution in [3.63, 3.8) is 0 Å². The van der Waals surface area contributed by atoms with Crippen LogP contribution in [-0.4, -0.2) is 59.8 Å². The molecule has 3 aliphatic rings. The summed E-state index contributed by atoms with van der Waals surface area (Å²) in [6.45, 7) is 3.30. The van der Waals surface area contributed by atoms with E-state index in [9.17, 15) is 9.59 Å². The highest BCUT2D eigenvalue weighted by molar-refractivity contribution is 7.98. The Hall–Kier alpha value is -0.710. The van der Waals surface area contributed by atoms with Crippen molar-refractivity contribution >= 4 is 23.6 Å². The highest BCUT2D eigenvalue weighted by Gasteiger charge is 2.49. The number of likely N-dealkylation sites (tertiary alicyclic amines) is 2. The van der Waals surface area contributed by atoms with Crippen LogP contribution in [0.2, 0.25) is 0 Å². The van der Waals surface area contributed by atoms with Gasteiger partial charge in [0.15, 0.2) is 0 Å². The summed E-state index contributed by atoms with van der Waals surface area (Å²) in [6, 6.07) is 0. The molecular weight excluding hydrogens is 332 g/mol. The van der Waals surface area contributed by atoms with E-state index < -0.39 is 0 Å². The molecule has 2 aliphatic heterocycles. The Morgan fingerprint density at radius 2 is 1.96 bits per heavy atom. The molecule has 0 unspecified atom stereocenters. The van der Waals surface area contributed by atoms with E-state index in [4.69, 9.17) is 0 Å². The Kier molecular flexibility index (Phi) is 6.70. The first-order valence-corrected chi connectivity index (χ1v) is 11.6. The van der Waals surface area contributed by atoms with Gasteiger partial charge in [0.1, 0.15) is 0 Å². The van der Waals surface area contributed by atoms with Crippen LogP contribution in [0.3, 0.4) is 0 Å². The van der Waals surface area contributed by atoms with Crippen molar-refractivity contribution in [2.45, 2.75) is 64.2 Å². The molecule has 3 fully saturated rings. The molecule has 4 nitrogen and oxygen atoms in total. The summed E-state index contributed by atoms with van der Waals surface area (Å²) in [5.41, 5.74) is -0.264. The summed E-state index contributed by atoms with van der Waals surface area (Å²) in [4.78, 5) is 29.6. The number of carbonyl (C=O) groups is 2. The summed E-state index contributed by atoms with van der Waals surface area (Å²) in [7, 11) is 0. The molecule has 0 bridgehead atoms. The van der Waals surface area contributed by atoms with Crippen LogP contribution in [0, 0.1) is 11.3 Å². The van der Waals surface area contributed by atoms with E-state index in [1.165, 1.54) is 38.5 Å². The van der Waals surface area contributed by atoms with Crippen LogP contribution in [0.15, 0.2) is 0 Å². The fourth-order valence-corrected chi connectivity index (χ4v) is 5.37. The SMILES string of the molecule is CSCCC(=O)N1CC[C@]2(CCCN(CCC3CCCCC3)C2=O)C1. The molecule has 0 aromatic heterocycles. The Bertz CT molecular complexity index is 478. The van der Waals surface area contributed by atoms with Gasteiger partial charge in [-0.1, -0.05) is 32.1 Å². The lowest BCUT2D eigenvalue weighted by atomic mass is 9.78. The molecule has 0 aromatic rings. The summed E-state index contributed by atoms with van der Waals surface area (Å²) < 4.78 is 0. The van der Waals surface area contributed by atoms with Gasteiger partial charge in [0.05, 0.1) is 5.41 Å². The molecule has 0 N–H and O–H groups in total. The Morgan fingerprint density at radius 3 is 2.72 bits per heavy atom. The molecule has 25 heavy (non-hydrogen) atoms. The number of amides is 2. The van der Waals surface area contributed by atoms with Crippen molar-refractivity contribution in [2.75, 3.05) is 38.2 Å². The van der Waals surface area contributed by atoms with Gasteiger partial charge < -0.3 is 9.80 Å². The van der Waals surface area contributed by atoms with Gasteiger partial charge in [0.2, 0.25) is 11.8 Å². The zero-order valence-electron chi connectivity index (χ0n) is 15.8. The van der Waals surface area contributed by atoms with Gasteiger partial charge >= 0.3 is 0 Å². The summed E-state index contributed by atoms with van der Waals surface area (Å²) in [6.07, 6.45) is 13.6. The van der Waals surface area contributed by atoms with Crippen LogP contribution in [-0.2, 0) is 9.59 Å². The van der Waals surface area contributed by atoms with Gasteiger partial charge in [0, 0.05) is 38.4 Å². The van der Waals surface area contributed by atoms with Gasteiger partial charge in [0.25, 0.3) is 0 Å². The van der Waals surface area contributed by atoms with Crippen LogP contribution in [0.25, 0.3) is 0 Å². The number of rotatable bonds is 6. The Balaban J connectivity index is 1.53. The number of hydrogen-bond donors (Lipinski definition) is 0. The number of carbonyl (C=O) groups excluding carboxylic acids is 2. The van der Waals surface area contributed by atoms with Crippen LogP contribution in [0.1, 0.15) is 64.2 Å². The summed E-state index contributed by atoms with van der Waals surface area (Å²) in [5.74, 6) is 2.28. The second kappa shape index (κ2) is 8.79. The fraction of sp³-hybridized carbons (Fsp3) is 0.900. The summed E-state index contributed by atoms with van der Waals surface area (Å²) >= 11 is 1.71. The average Bonchev–Trinajstić information content (AvgIpc) is 3.07. The monoisotopic (exact) mass is 366 g/mol. The molecule has 1 atom stereocenters. The van der Waals surface area contributed by atoms with E-state index in [-0.39, 0.29) is 11.3 Å². The smallest absolute Gasteiger partial charge is 0.230 e. The first-order chi connectivity index (χ1) is 12.1. The molecule has 1 aliphatic carbocycles. The van der Waals surface area contributed by atoms with Crippen molar-refractivity contribution in [1.82, 2.24) is 9.80 Å². The first kappa shape index (κ1) is 19.1. The second-order valence-corrected chi connectivity index (χ2v) is 9.26. The highest BCUT2D eigenvalue weighted by atomic mass is 32.2. The maximum absolute atomic E-state index is 13.2. The van der Waals surface area contributed by atoms with E-state index >= 15 is 0 Å². The number of nitrogens with zero attached hydrogens (tertiary/aromatic N) is 2. The quantitative estimate of drug-likeness (QED) is 0.722. The molecule has 0 aromatic carbocycles. The maximum atomic E-state index is 13.2. The minimum atomic E-state index is -0.264. The molecule has 2 saturated heterocycles. The molecule has 1 spiro atoms. The molecular formula is C20H34N2O2S. The topological polar surface area (TPSA) is 40.6 Å². The predicted octanol–water partition coefficient (Wildman–Crippen LogP) is 3.55. The minimum Gasteiger partial charge on any atom is -0.342 e. The van der Waals surface area contributed by atoms with Crippen LogP contribution < -0.4 is 0 Å². The zero-order valence-corrected chi connectivity index (χ0v) is 16.6. The van der Waals surface area contributed by atoms with E-state index in [2.05, 4.69) is 4.90 Å². The van der Waals surface area contributed by atoms with Crippen molar-refractivity contribution in [1.29, 1.82) is 0 Å². The molecule has 2 amide bonds. The van der Waals surface area contributed by atoms with Crippen molar-refractivity contribution in [2.24, 2.45) is 11.3 Å². The summed E-state index contributed by atoms with van der Waals surface area (Å²) in [5, 5.41) is 0. The van der Waals surface area contributed by atoms with Gasteiger partial charge in [-0.05, 0) is 37.9 Å². The number of hydrogen-bond acceptors (Lipinski definition) is 3. The fourth-order valence-electron chi connectivity index (χ4n) is 4.99. The lowest BCUT2D eigenvalue weighted by molar-refractivity contribution is -0.146. The van der Waals surface area contributed by atoms with Crippen LogP contribution >= 0.6 is 11.8 Å². The van der Waals surface area contributed by atoms with E-state index in [1.54, 1.807) is 11.8 Å². The molecule has 3 rings (SSSR count). The average molecular weight is 367 g/mol. The highest BCUT2D eigenvalue weighted by Crippen LogP contribution is 2.40. The normalized spacial score (nSPS) is 28.1. The van der Waals surface area contributed by atoms with Crippen LogP contribution in [0.4, 0.5) is 0 Å². The lowest BCUT2D eigenvalue weighted by Crippen LogP contribution is -2.50. The maximum Gasteiger partial charge on any atom is 0.230 e. The van der Waals surface area contributed by atoms with E-state index in [0.29, 0.717) is 18.9 Å². The Morgan fingerprint density at radius 1 is 1.16 bits per heavy atom. The van der Waals surface area contributed by atoms with Crippen molar-refractivity contribution < 1.29 is 9.59 Å². The third kappa shape index (κ3) is 4.53. The van der Waals surface area contributed by atoms with Gasteiger partial charge in [-0.15, -0.1) is 0 Å². The molecule has 142 valence electrons. The molecule has 2 heterocycles. The molecule has 5 heteroatoms. The van der Waals surface area contributed by atoms with E-state index in [1.807, 2.05) is 11.2 Å². The third-order valence-corrected chi connectivity index (χ3v) is 7.20. The van der Waals surface area contributed by atoms with Gasteiger partial charge in [-0.3, -0.25) is 9.59 Å². The molecule has 0 radical (unpaired) electrons. The Labute approximate surface area is 157 Å². The van der Waals surface area contributed by atoms with E-state index in [0.717, 1.165) is 50.6 Å². The third-order valence-electron chi connectivity index (χ3n) is 6.58. The zero-order chi connectivity index (χ0) is 17.7. The van der Waals surface area contributed by atoms with Gasteiger partial charge in [-0.25, -0.2) is 0 Å². The number of thioether (sulfide) groups is 1. The van der Waals surface area contributed by atoms with Crippen LogP contribution in [0.5, 0.6) is 0 Å². The van der Waals surface area contributed by atoms with Gasteiger partial charge in [-0.2, -0.15) is 11.8 Å². The van der Waals surface area contributed by atoms with Crippen molar-refractivity contribution in [3.8, 4) is 0 Å². The molecule has 1 saturated carbocycles. The largest absolute Gasteiger partial charge is 0.342 e. The standard InChI is InChI=1S/C20H34N2O2S/c1-25-15-9-18(23)22-14-11-20(16-22)10-5-12-21(19(20)24)13-8-17-6-3-2-4-7-17/h17H,2-16H2,1H3/t20-/m1/s1. The first-order valence-electron chi connectivity index (χ1n) is 10.2. The number of piperidine rings is 1. The lowest BCUT2D eigenvalue weighted by Gasteiger charge is -2.40.